The maximum atomic E-state index is 13.3. The van der Waals surface area contributed by atoms with Crippen LogP contribution in [0.25, 0.3) is 55.4 Å². The number of benzene rings is 4. The highest BCUT2D eigenvalue weighted by atomic mass is 16.6. The van der Waals surface area contributed by atoms with E-state index in [0.29, 0.717) is 11.7 Å². The molecule has 3 aromatic heterocycles. The number of likely N-dealkylation sites (tertiary alicyclic amines) is 1. The Hall–Kier alpha value is -6.10. The second kappa shape index (κ2) is 14.3. The van der Waals surface area contributed by atoms with Gasteiger partial charge in [0, 0.05) is 22.4 Å². The molecule has 11 nitrogen and oxygen atoms in total. The Bertz CT molecular complexity index is 2700. The number of carbonyl (C=O) groups excluding carboxylic acids is 2. The number of H-pyrrole nitrogens is 2. The van der Waals surface area contributed by atoms with Crippen LogP contribution in [-0.4, -0.2) is 48.7 Å². The number of nitrogens with one attached hydrogen (secondary N) is 3. The average molecular weight is 791 g/mol. The second-order valence-corrected chi connectivity index (χ2v) is 17.9. The van der Waals surface area contributed by atoms with Crippen LogP contribution >= 0.6 is 0 Å². The molecule has 3 N–H and O–H groups in total. The van der Waals surface area contributed by atoms with Crippen molar-refractivity contribution >= 4 is 45.2 Å². The Morgan fingerprint density at radius 3 is 2.41 bits per heavy atom. The van der Waals surface area contributed by atoms with Crippen molar-refractivity contribution in [3.05, 3.63) is 108 Å². The van der Waals surface area contributed by atoms with Crippen molar-refractivity contribution in [2.75, 3.05) is 0 Å². The first-order valence-corrected chi connectivity index (χ1v) is 21.0. The van der Waals surface area contributed by atoms with E-state index in [-0.39, 0.29) is 36.2 Å². The van der Waals surface area contributed by atoms with E-state index in [1.165, 1.54) is 0 Å². The molecular weight excluding hydrogens is 741 g/mol. The van der Waals surface area contributed by atoms with Gasteiger partial charge in [-0.15, -0.1) is 0 Å². The molecule has 0 spiro atoms. The van der Waals surface area contributed by atoms with Gasteiger partial charge in [-0.2, -0.15) is 0 Å². The van der Waals surface area contributed by atoms with Crippen LogP contribution < -0.4 is 5.32 Å². The smallest absolute Gasteiger partial charge is 0.411 e. The summed E-state index contributed by atoms with van der Waals surface area (Å²) in [4.78, 5) is 45.2. The lowest BCUT2D eigenvalue weighted by molar-refractivity contribution is 0.00622. The molecule has 7 aromatic rings. The maximum absolute atomic E-state index is 13.3. The zero-order valence-electron chi connectivity index (χ0n) is 34.0. The summed E-state index contributed by atoms with van der Waals surface area (Å²) in [6.07, 6.45) is 8.34. The minimum atomic E-state index is -0.558. The molecule has 1 aliphatic heterocycles. The standard InChI is InChI=1S/C48H50N6O5/c1-5-48(19-20-48)25-38(53-45(55)57-27-28-9-7-6-8-10-28)43-49-26-39(52-43)31-13-17-35-34-16-12-30(23-40(34)58-41(35)24-31)29-14-18-36-37(22-29)51-44(50-36)42-32-11-15-33(21-32)54(42)46(56)59-47(2,3)4/h6-10,12-14,16-18,22-24,26,32-33,38,42H,5,11,15,19-21,25,27H2,1-4H3,(H,49,52)(H,50,51)(H,53,55)/t32-,33+,38-,42-/m0/s1. The first-order chi connectivity index (χ1) is 28.5. The number of hydrogen-bond donors (Lipinski definition) is 3. The number of ether oxygens (including phenoxy) is 2. The maximum Gasteiger partial charge on any atom is 0.411 e. The number of rotatable bonds is 10. The molecule has 302 valence electrons. The molecule has 3 aliphatic rings. The fraction of sp³-hybridized carbons (Fsp3) is 0.375. The summed E-state index contributed by atoms with van der Waals surface area (Å²) >= 11 is 0. The quantitative estimate of drug-likeness (QED) is 0.125. The van der Waals surface area contributed by atoms with Crippen LogP contribution in [0.5, 0.6) is 0 Å². The average Bonchev–Trinajstić information content (AvgIpc) is 3.82. The van der Waals surface area contributed by atoms with Crippen molar-refractivity contribution in [3.8, 4) is 22.4 Å². The van der Waals surface area contributed by atoms with Crippen LogP contribution in [-0.2, 0) is 16.1 Å². The molecule has 4 atom stereocenters. The van der Waals surface area contributed by atoms with Gasteiger partial charge in [0.1, 0.15) is 35.0 Å². The molecule has 4 aromatic carbocycles. The van der Waals surface area contributed by atoms with Crippen LogP contribution in [0.4, 0.5) is 9.59 Å². The zero-order valence-corrected chi connectivity index (χ0v) is 34.0. The van der Waals surface area contributed by atoms with E-state index in [1.807, 2.05) is 74.3 Å². The van der Waals surface area contributed by atoms with Crippen molar-refractivity contribution in [1.29, 1.82) is 0 Å². The lowest BCUT2D eigenvalue weighted by Crippen LogP contribution is -2.43. The molecule has 2 saturated carbocycles. The van der Waals surface area contributed by atoms with Gasteiger partial charge in [-0.25, -0.2) is 19.6 Å². The number of aromatic nitrogens is 4. The fourth-order valence-electron chi connectivity index (χ4n) is 9.49. The molecule has 3 fully saturated rings. The van der Waals surface area contributed by atoms with Gasteiger partial charge >= 0.3 is 12.2 Å². The van der Waals surface area contributed by atoms with Crippen LogP contribution in [0, 0.1) is 11.3 Å². The van der Waals surface area contributed by atoms with Crippen LogP contribution in [0.1, 0.15) is 102 Å². The molecule has 11 heteroatoms. The van der Waals surface area contributed by atoms with Gasteiger partial charge in [-0.3, -0.25) is 4.90 Å². The molecule has 1 saturated heterocycles. The third-order valence-corrected chi connectivity index (χ3v) is 12.9. The fourth-order valence-corrected chi connectivity index (χ4v) is 9.49. The number of nitrogens with zero attached hydrogens (tertiary/aromatic N) is 3. The second-order valence-electron chi connectivity index (χ2n) is 17.9. The van der Waals surface area contributed by atoms with Crippen LogP contribution in [0.3, 0.4) is 0 Å². The van der Waals surface area contributed by atoms with Crippen LogP contribution in [0.2, 0.25) is 0 Å². The molecule has 10 rings (SSSR count). The molecule has 2 aliphatic carbocycles. The van der Waals surface area contributed by atoms with E-state index < -0.39 is 11.7 Å². The Morgan fingerprint density at radius 2 is 1.66 bits per heavy atom. The van der Waals surface area contributed by atoms with E-state index >= 15 is 0 Å². The highest BCUT2D eigenvalue weighted by Crippen LogP contribution is 2.54. The van der Waals surface area contributed by atoms with Gasteiger partial charge in [0.15, 0.2) is 0 Å². The molecule has 59 heavy (non-hydrogen) atoms. The topological polar surface area (TPSA) is 138 Å². The van der Waals surface area contributed by atoms with E-state index in [2.05, 4.69) is 64.7 Å². The van der Waals surface area contributed by atoms with Crippen LogP contribution in [0.15, 0.2) is 95.5 Å². The lowest BCUT2D eigenvalue weighted by atomic mass is 9.94. The number of aromatic amines is 2. The monoisotopic (exact) mass is 790 g/mol. The summed E-state index contributed by atoms with van der Waals surface area (Å²) in [6.45, 7) is 8.16. The van der Waals surface area contributed by atoms with Crippen molar-refractivity contribution in [2.45, 2.75) is 103 Å². The molecule has 0 radical (unpaired) electrons. The van der Waals surface area contributed by atoms with Crippen molar-refractivity contribution in [1.82, 2.24) is 30.2 Å². The van der Waals surface area contributed by atoms with E-state index in [4.69, 9.17) is 23.9 Å². The first kappa shape index (κ1) is 37.2. The minimum Gasteiger partial charge on any atom is -0.456 e. The van der Waals surface area contributed by atoms with Crippen molar-refractivity contribution in [2.24, 2.45) is 11.3 Å². The normalized spacial score (nSPS) is 20.1. The summed E-state index contributed by atoms with van der Waals surface area (Å²) in [5, 5.41) is 5.18. The van der Waals surface area contributed by atoms with Gasteiger partial charge < -0.3 is 29.2 Å². The predicted molar refractivity (Wildman–Crippen MR) is 227 cm³/mol. The van der Waals surface area contributed by atoms with E-state index in [1.54, 1.807) is 0 Å². The Balaban J connectivity index is 0.885. The third kappa shape index (κ3) is 7.21. The minimum absolute atomic E-state index is 0.118. The number of alkyl carbamates (subject to hydrolysis) is 1. The zero-order chi connectivity index (χ0) is 40.5. The predicted octanol–water partition coefficient (Wildman–Crippen LogP) is 11.5. The molecular formula is C48H50N6O5. The molecule has 2 bridgehead atoms. The van der Waals surface area contributed by atoms with Gasteiger partial charge in [-0.1, -0.05) is 61.9 Å². The molecule has 2 amide bonds. The van der Waals surface area contributed by atoms with Gasteiger partial charge in [-0.05, 0) is 124 Å². The Kier molecular flexibility index (Phi) is 9.03. The highest BCUT2D eigenvalue weighted by Gasteiger charge is 2.51. The lowest BCUT2D eigenvalue weighted by Gasteiger charge is -2.35. The summed E-state index contributed by atoms with van der Waals surface area (Å²) in [5.41, 5.74) is 7.84. The van der Waals surface area contributed by atoms with E-state index in [0.717, 1.165) is 112 Å². The molecule has 4 heterocycles. The number of imidazole rings is 2. The highest BCUT2D eigenvalue weighted by molar-refractivity contribution is 6.07. The van der Waals surface area contributed by atoms with Crippen molar-refractivity contribution < 1.29 is 23.5 Å². The number of carbonyl (C=O) groups is 2. The summed E-state index contributed by atoms with van der Waals surface area (Å²) < 4.78 is 18.0. The van der Waals surface area contributed by atoms with Gasteiger partial charge in [0.05, 0.1) is 35.0 Å². The summed E-state index contributed by atoms with van der Waals surface area (Å²) in [7, 11) is 0. The van der Waals surface area contributed by atoms with Gasteiger partial charge in [0.25, 0.3) is 0 Å². The number of piperidine rings is 1. The third-order valence-electron chi connectivity index (χ3n) is 12.9. The first-order valence-electron chi connectivity index (χ1n) is 21.0. The van der Waals surface area contributed by atoms with E-state index in [9.17, 15) is 9.59 Å². The number of amides is 2. The molecule has 0 unspecified atom stereocenters. The summed E-state index contributed by atoms with van der Waals surface area (Å²) in [5.74, 6) is 1.90. The largest absolute Gasteiger partial charge is 0.456 e. The SMILES string of the molecule is CCC1(C[C@H](NC(=O)OCc2ccccc2)c2ncc(-c3ccc4c(c3)oc3cc(-c5ccc6nc([C@@H]7[C@H]8CC[C@H](C8)N7C(=O)OC(C)(C)C)[nH]c6c5)ccc34)[nH]2)CC1. The Labute approximate surface area is 342 Å². The number of fused-ring (bicyclic) bond motifs is 6. The van der Waals surface area contributed by atoms with Gasteiger partial charge in [0.2, 0.25) is 0 Å². The number of hydrogen-bond acceptors (Lipinski definition) is 7. The Morgan fingerprint density at radius 1 is 0.932 bits per heavy atom. The summed E-state index contributed by atoms with van der Waals surface area (Å²) in [6, 6.07) is 28.3. The van der Waals surface area contributed by atoms with Crippen molar-refractivity contribution in [3.63, 3.8) is 0 Å². The number of furan rings is 1.